The number of carbonyl (C=O) groups is 1. The van der Waals surface area contributed by atoms with Gasteiger partial charge in [-0.3, -0.25) is 9.59 Å². The maximum Gasteiger partial charge on any atom is 0.402 e. The van der Waals surface area contributed by atoms with Crippen LogP contribution >= 0.6 is 0 Å². The Morgan fingerprint density at radius 3 is 2.55 bits per heavy atom. The normalized spacial score (nSPS) is 13.3. The smallest absolute Gasteiger partial charge is 0.402 e. The van der Waals surface area contributed by atoms with Gasteiger partial charge in [-0.15, -0.1) is 0 Å². The molecule has 1 aromatic carbocycles. The summed E-state index contributed by atoms with van der Waals surface area (Å²) in [6.07, 6.45) is -5.00. The van der Waals surface area contributed by atoms with E-state index in [1.807, 2.05) is 0 Å². The fourth-order valence-corrected chi connectivity index (χ4v) is 1.82. The molecule has 0 aliphatic carbocycles. The van der Waals surface area contributed by atoms with Crippen LogP contribution in [0.4, 0.5) is 13.2 Å². The van der Waals surface area contributed by atoms with E-state index in [9.17, 15) is 22.8 Å². The van der Waals surface area contributed by atoms with Gasteiger partial charge >= 0.3 is 12.1 Å². The minimum absolute atomic E-state index is 0.122. The lowest BCUT2D eigenvalue weighted by Crippen LogP contribution is -2.33. The maximum absolute atomic E-state index is 12.6. The monoisotopic (exact) mass is 286 g/mol. The van der Waals surface area contributed by atoms with E-state index >= 15 is 0 Å². The van der Waals surface area contributed by atoms with Crippen LogP contribution in [0.15, 0.2) is 39.7 Å². The van der Waals surface area contributed by atoms with E-state index in [0.29, 0.717) is 0 Å². The Hall–Kier alpha value is -2.31. The fraction of sp³-hybridized carbons (Fsp3) is 0.231. The Morgan fingerprint density at radius 2 is 1.95 bits per heavy atom. The summed E-state index contributed by atoms with van der Waals surface area (Å²) in [5.41, 5.74) is -0.726. The summed E-state index contributed by atoms with van der Waals surface area (Å²) in [6, 6.07) is 6.06. The van der Waals surface area contributed by atoms with Crippen molar-refractivity contribution in [3.8, 4) is 0 Å². The van der Waals surface area contributed by atoms with E-state index in [4.69, 9.17) is 9.52 Å². The van der Waals surface area contributed by atoms with Crippen molar-refractivity contribution in [3.63, 3.8) is 0 Å². The van der Waals surface area contributed by atoms with Crippen LogP contribution in [0.1, 0.15) is 5.56 Å². The van der Waals surface area contributed by atoms with Gasteiger partial charge < -0.3 is 9.52 Å². The van der Waals surface area contributed by atoms with Crippen LogP contribution < -0.4 is 5.43 Å². The summed E-state index contributed by atoms with van der Waals surface area (Å²) in [5.74, 6) is -4.66. The molecule has 0 spiro atoms. The molecular formula is C13H9F3O4. The molecule has 0 radical (unpaired) electrons. The van der Waals surface area contributed by atoms with Gasteiger partial charge in [-0.1, -0.05) is 12.1 Å². The van der Waals surface area contributed by atoms with Crippen LogP contribution in [-0.4, -0.2) is 17.3 Å². The molecule has 0 aliphatic rings. The van der Waals surface area contributed by atoms with Crippen molar-refractivity contribution in [2.45, 2.75) is 12.6 Å². The van der Waals surface area contributed by atoms with Gasteiger partial charge in [0.15, 0.2) is 11.3 Å². The van der Waals surface area contributed by atoms with Crippen LogP contribution in [-0.2, 0) is 11.2 Å². The molecular weight excluding hydrogens is 277 g/mol. The summed E-state index contributed by atoms with van der Waals surface area (Å²) < 4.78 is 42.8. The predicted molar refractivity (Wildman–Crippen MR) is 63.4 cm³/mol. The van der Waals surface area contributed by atoms with Gasteiger partial charge in [0.1, 0.15) is 5.58 Å². The second kappa shape index (κ2) is 4.99. The summed E-state index contributed by atoms with van der Waals surface area (Å²) in [7, 11) is 0. The molecule has 0 amide bonds. The predicted octanol–water partition coefficient (Wildman–Crippen LogP) is 2.60. The molecule has 1 aromatic heterocycles. The van der Waals surface area contributed by atoms with Crippen molar-refractivity contribution in [2.24, 2.45) is 5.92 Å². The molecule has 0 saturated heterocycles. The molecule has 1 N–H and O–H groups in total. The highest BCUT2D eigenvalue weighted by Crippen LogP contribution is 2.29. The van der Waals surface area contributed by atoms with Crippen molar-refractivity contribution < 1.29 is 27.5 Å². The zero-order chi connectivity index (χ0) is 14.9. The minimum atomic E-state index is -4.93. The van der Waals surface area contributed by atoms with Crippen molar-refractivity contribution in [1.29, 1.82) is 0 Å². The molecule has 106 valence electrons. The first-order valence-corrected chi connectivity index (χ1v) is 5.59. The molecule has 0 bridgehead atoms. The van der Waals surface area contributed by atoms with Gasteiger partial charge in [-0.05, 0) is 12.1 Å². The number of aliphatic carboxylic acids is 1. The zero-order valence-corrected chi connectivity index (χ0v) is 9.98. The van der Waals surface area contributed by atoms with Crippen LogP contribution in [0.3, 0.4) is 0 Å². The van der Waals surface area contributed by atoms with E-state index in [0.717, 1.165) is 6.26 Å². The van der Waals surface area contributed by atoms with E-state index in [2.05, 4.69) is 0 Å². The lowest BCUT2D eigenvalue weighted by molar-refractivity contribution is -0.193. The Morgan fingerprint density at radius 1 is 1.30 bits per heavy atom. The van der Waals surface area contributed by atoms with Crippen LogP contribution in [0.5, 0.6) is 0 Å². The number of hydrogen-bond donors (Lipinski definition) is 1. The number of carboxylic acid groups (broad SMARTS) is 1. The number of carboxylic acids is 1. The molecule has 0 aliphatic heterocycles. The van der Waals surface area contributed by atoms with E-state index in [1.165, 1.54) is 12.1 Å². The maximum atomic E-state index is 12.6. The lowest BCUT2D eigenvalue weighted by Gasteiger charge is -2.15. The molecule has 1 atom stereocenters. The molecule has 20 heavy (non-hydrogen) atoms. The third-order valence-electron chi connectivity index (χ3n) is 2.87. The number of rotatable bonds is 3. The second-order valence-electron chi connectivity index (χ2n) is 4.22. The van der Waals surface area contributed by atoms with Gasteiger partial charge in [0, 0.05) is 12.0 Å². The quantitative estimate of drug-likeness (QED) is 0.941. The number of hydrogen-bond acceptors (Lipinski definition) is 3. The molecule has 0 saturated carbocycles. The highest BCUT2D eigenvalue weighted by atomic mass is 19.4. The Bertz CT molecular complexity index is 703. The molecule has 2 aromatic rings. The minimum Gasteiger partial charge on any atom is -0.481 e. The summed E-state index contributed by atoms with van der Waals surface area (Å²) >= 11 is 0. The summed E-state index contributed by atoms with van der Waals surface area (Å²) in [6.45, 7) is 0. The van der Waals surface area contributed by atoms with Gasteiger partial charge in [0.2, 0.25) is 0 Å². The molecule has 7 heteroatoms. The van der Waals surface area contributed by atoms with Crippen LogP contribution in [0, 0.1) is 5.92 Å². The van der Waals surface area contributed by atoms with Crippen molar-refractivity contribution in [3.05, 3.63) is 46.3 Å². The second-order valence-corrected chi connectivity index (χ2v) is 4.22. The summed E-state index contributed by atoms with van der Waals surface area (Å²) in [4.78, 5) is 22.7. The SMILES string of the molecule is O=C(O)C(Cc1coc2ccccc2c1=O)C(F)(F)F. The molecule has 0 fully saturated rings. The van der Waals surface area contributed by atoms with E-state index in [1.54, 1.807) is 12.1 Å². The van der Waals surface area contributed by atoms with Crippen molar-refractivity contribution in [2.75, 3.05) is 0 Å². The average molecular weight is 286 g/mol. The average Bonchev–Trinajstić information content (AvgIpc) is 2.36. The van der Waals surface area contributed by atoms with E-state index in [-0.39, 0.29) is 16.5 Å². The Kier molecular flexibility index (Phi) is 3.52. The van der Waals surface area contributed by atoms with Gasteiger partial charge in [0.25, 0.3) is 0 Å². The molecule has 1 heterocycles. The molecule has 1 unspecified atom stereocenters. The molecule has 2 rings (SSSR count). The van der Waals surface area contributed by atoms with E-state index < -0.39 is 29.9 Å². The topological polar surface area (TPSA) is 67.5 Å². The number of para-hydroxylation sites is 1. The number of benzene rings is 1. The summed E-state index contributed by atoms with van der Waals surface area (Å²) in [5, 5.41) is 8.74. The zero-order valence-electron chi connectivity index (χ0n) is 9.98. The molecule has 4 nitrogen and oxygen atoms in total. The largest absolute Gasteiger partial charge is 0.481 e. The Labute approximate surface area is 110 Å². The third kappa shape index (κ3) is 2.66. The number of alkyl halides is 3. The fourth-order valence-electron chi connectivity index (χ4n) is 1.82. The van der Waals surface area contributed by atoms with Gasteiger partial charge in [-0.25, -0.2) is 0 Å². The number of fused-ring (bicyclic) bond motifs is 1. The highest BCUT2D eigenvalue weighted by Gasteiger charge is 2.45. The lowest BCUT2D eigenvalue weighted by atomic mass is 9.99. The third-order valence-corrected chi connectivity index (χ3v) is 2.87. The first kappa shape index (κ1) is 14.1. The standard InChI is InChI=1S/C13H9F3O4/c14-13(15,16)9(12(18)19)5-7-6-20-10-4-2-1-3-8(10)11(7)17/h1-4,6,9H,5H2,(H,18,19). The van der Waals surface area contributed by atoms with Crippen LogP contribution in [0.2, 0.25) is 0 Å². The van der Waals surface area contributed by atoms with Crippen molar-refractivity contribution in [1.82, 2.24) is 0 Å². The van der Waals surface area contributed by atoms with Crippen molar-refractivity contribution >= 4 is 16.9 Å². The highest BCUT2D eigenvalue weighted by molar-refractivity contribution is 5.77. The van der Waals surface area contributed by atoms with Crippen LogP contribution in [0.25, 0.3) is 11.0 Å². The first-order valence-electron chi connectivity index (χ1n) is 5.59. The van der Waals surface area contributed by atoms with Gasteiger partial charge in [-0.2, -0.15) is 13.2 Å². The first-order chi connectivity index (χ1) is 9.30. The number of halogens is 3. The Balaban J connectivity index is 2.46. The van der Waals surface area contributed by atoms with Gasteiger partial charge in [0.05, 0.1) is 11.6 Å².